The predicted octanol–water partition coefficient (Wildman–Crippen LogP) is 0.389. The van der Waals surface area contributed by atoms with Gasteiger partial charge in [0.1, 0.15) is 0 Å². The first-order valence-corrected chi connectivity index (χ1v) is 7.97. The minimum atomic E-state index is -3.50. The fraction of sp³-hybridized carbons (Fsp3) is 0.462. The average Bonchev–Trinajstić information content (AvgIpc) is 2.37. The Hall–Kier alpha value is -1.44. The van der Waals surface area contributed by atoms with Gasteiger partial charge in [-0.3, -0.25) is 4.79 Å². The van der Waals surface area contributed by atoms with Crippen LogP contribution >= 0.6 is 0 Å². The maximum atomic E-state index is 12.1. The average molecular weight is 297 g/mol. The van der Waals surface area contributed by atoms with Crippen molar-refractivity contribution in [1.82, 2.24) is 10.0 Å². The molecule has 7 heteroatoms. The molecule has 20 heavy (non-hydrogen) atoms. The van der Waals surface area contributed by atoms with Crippen LogP contribution in [0.15, 0.2) is 29.2 Å². The van der Waals surface area contributed by atoms with Gasteiger partial charge in [0, 0.05) is 11.6 Å². The molecule has 2 rings (SSSR count). The lowest BCUT2D eigenvalue weighted by molar-refractivity contribution is -0.121. The fourth-order valence-electron chi connectivity index (χ4n) is 1.99. The van der Waals surface area contributed by atoms with Crippen LogP contribution in [0.3, 0.4) is 0 Å². The van der Waals surface area contributed by atoms with Crippen LogP contribution in [0.25, 0.3) is 0 Å². The van der Waals surface area contributed by atoms with Crippen LogP contribution in [-0.4, -0.2) is 34.5 Å². The van der Waals surface area contributed by atoms with Crippen molar-refractivity contribution < 1.29 is 13.2 Å². The third-order valence-electron chi connectivity index (χ3n) is 3.61. The molecule has 1 amide bonds. The first-order valence-electron chi connectivity index (χ1n) is 6.49. The Kier molecular flexibility index (Phi) is 4.42. The van der Waals surface area contributed by atoms with Crippen LogP contribution in [-0.2, 0) is 14.8 Å². The molecule has 1 saturated heterocycles. The van der Waals surface area contributed by atoms with Crippen LogP contribution in [0.5, 0.6) is 0 Å². The zero-order valence-electron chi connectivity index (χ0n) is 11.5. The number of nitrogens with one attached hydrogen (secondary N) is 3. The highest BCUT2D eigenvalue weighted by molar-refractivity contribution is 7.89. The first kappa shape index (κ1) is 15.0. The molecule has 1 heterocycles. The largest absolute Gasteiger partial charge is 0.326 e. The van der Waals surface area contributed by atoms with Gasteiger partial charge in [-0.1, -0.05) is 13.0 Å². The predicted molar refractivity (Wildman–Crippen MR) is 76.8 cm³/mol. The van der Waals surface area contributed by atoms with Gasteiger partial charge in [-0.05, 0) is 44.3 Å². The molecule has 0 saturated carbocycles. The Morgan fingerprint density at radius 2 is 2.10 bits per heavy atom. The van der Waals surface area contributed by atoms with Gasteiger partial charge in [0.05, 0.1) is 4.90 Å². The number of carbonyl (C=O) groups is 1. The molecule has 3 N–H and O–H groups in total. The van der Waals surface area contributed by atoms with Gasteiger partial charge in [0.2, 0.25) is 15.9 Å². The molecule has 110 valence electrons. The Morgan fingerprint density at radius 1 is 1.40 bits per heavy atom. The number of sulfonamides is 1. The van der Waals surface area contributed by atoms with Gasteiger partial charge < -0.3 is 10.6 Å². The van der Waals surface area contributed by atoms with E-state index in [1.807, 2.05) is 6.92 Å². The van der Waals surface area contributed by atoms with Gasteiger partial charge in [-0.2, -0.15) is 0 Å². The van der Waals surface area contributed by atoms with Crippen molar-refractivity contribution >= 4 is 21.6 Å². The van der Waals surface area contributed by atoms with Crippen LogP contribution in [0.1, 0.15) is 6.92 Å². The van der Waals surface area contributed by atoms with E-state index in [1.165, 1.54) is 19.2 Å². The molecule has 0 spiro atoms. The highest BCUT2D eigenvalue weighted by Crippen LogP contribution is 2.20. The molecule has 1 aliphatic rings. The molecular formula is C13H19N3O3S. The molecule has 0 aliphatic carbocycles. The van der Waals surface area contributed by atoms with E-state index in [2.05, 4.69) is 15.4 Å². The van der Waals surface area contributed by atoms with Crippen molar-refractivity contribution in [3.8, 4) is 0 Å². The molecule has 1 fully saturated rings. The van der Waals surface area contributed by atoms with Crippen molar-refractivity contribution in [2.75, 3.05) is 25.5 Å². The van der Waals surface area contributed by atoms with E-state index in [-0.39, 0.29) is 16.7 Å². The second-order valence-corrected chi connectivity index (χ2v) is 6.82. The summed E-state index contributed by atoms with van der Waals surface area (Å²) in [4.78, 5) is 12.2. The molecule has 1 aromatic carbocycles. The zero-order valence-corrected chi connectivity index (χ0v) is 12.3. The highest BCUT2D eigenvalue weighted by Gasteiger charge is 2.28. The van der Waals surface area contributed by atoms with Crippen LogP contribution in [0, 0.1) is 11.8 Å². The normalized spacial score (nSPS) is 17.3. The van der Waals surface area contributed by atoms with Gasteiger partial charge in [-0.25, -0.2) is 13.1 Å². The highest BCUT2D eigenvalue weighted by atomic mass is 32.2. The molecule has 1 atom stereocenters. The Bertz CT molecular complexity index is 597. The van der Waals surface area contributed by atoms with Crippen LogP contribution in [0.4, 0.5) is 5.69 Å². The number of hydrogen-bond donors (Lipinski definition) is 3. The number of benzene rings is 1. The van der Waals surface area contributed by atoms with E-state index in [4.69, 9.17) is 0 Å². The summed E-state index contributed by atoms with van der Waals surface area (Å²) in [6.45, 7) is 3.58. The van der Waals surface area contributed by atoms with E-state index in [1.54, 1.807) is 12.1 Å². The summed E-state index contributed by atoms with van der Waals surface area (Å²) in [5.74, 6) is 0.163. The lowest BCUT2D eigenvalue weighted by Crippen LogP contribution is -2.48. The topological polar surface area (TPSA) is 87.3 Å². The van der Waals surface area contributed by atoms with Gasteiger partial charge in [0.15, 0.2) is 0 Å². The van der Waals surface area contributed by atoms with Gasteiger partial charge in [0.25, 0.3) is 0 Å². The smallest absolute Gasteiger partial charge is 0.240 e. The maximum Gasteiger partial charge on any atom is 0.240 e. The summed E-state index contributed by atoms with van der Waals surface area (Å²) >= 11 is 0. The lowest BCUT2D eigenvalue weighted by atomic mass is 9.88. The molecule has 0 aromatic heterocycles. The Labute approximate surface area is 119 Å². The number of rotatable bonds is 5. The van der Waals surface area contributed by atoms with E-state index in [9.17, 15) is 13.2 Å². The van der Waals surface area contributed by atoms with Crippen molar-refractivity contribution in [2.45, 2.75) is 11.8 Å². The SMILES string of the molecule is CNS(=O)(=O)c1cccc(NC(=O)C(C)C2CNC2)c1. The summed E-state index contributed by atoms with van der Waals surface area (Å²) in [6, 6.07) is 6.23. The molecule has 6 nitrogen and oxygen atoms in total. The number of carbonyl (C=O) groups excluding carboxylic acids is 1. The monoisotopic (exact) mass is 297 g/mol. The molecule has 0 bridgehead atoms. The van der Waals surface area contributed by atoms with E-state index in [0.29, 0.717) is 11.6 Å². The van der Waals surface area contributed by atoms with Gasteiger partial charge in [-0.15, -0.1) is 0 Å². The summed E-state index contributed by atoms with van der Waals surface area (Å²) < 4.78 is 25.7. The van der Waals surface area contributed by atoms with Crippen molar-refractivity contribution in [2.24, 2.45) is 11.8 Å². The molecule has 1 unspecified atom stereocenters. The minimum Gasteiger partial charge on any atom is -0.326 e. The maximum absolute atomic E-state index is 12.1. The number of amides is 1. The molecule has 1 aliphatic heterocycles. The summed E-state index contributed by atoms with van der Waals surface area (Å²) in [7, 11) is -2.14. The van der Waals surface area contributed by atoms with Crippen LogP contribution < -0.4 is 15.4 Å². The Balaban J connectivity index is 2.10. The van der Waals surface area contributed by atoms with E-state index >= 15 is 0 Å². The van der Waals surface area contributed by atoms with Gasteiger partial charge >= 0.3 is 0 Å². The molecular weight excluding hydrogens is 278 g/mol. The second kappa shape index (κ2) is 5.90. The van der Waals surface area contributed by atoms with Crippen molar-refractivity contribution in [1.29, 1.82) is 0 Å². The number of anilines is 1. The quantitative estimate of drug-likeness (QED) is 0.733. The lowest BCUT2D eigenvalue weighted by Gasteiger charge is -2.31. The Morgan fingerprint density at radius 3 is 2.65 bits per heavy atom. The molecule has 1 aromatic rings. The minimum absolute atomic E-state index is 0.0875. The van der Waals surface area contributed by atoms with E-state index < -0.39 is 10.0 Å². The first-order chi connectivity index (χ1) is 9.44. The third kappa shape index (κ3) is 3.17. The van der Waals surface area contributed by atoms with Crippen molar-refractivity contribution in [3.63, 3.8) is 0 Å². The summed E-state index contributed by atoms with van der Waals surface area (Å²) in [5.41, 5.74) is 0.491. The molecule has 0 radical (unpaired) electrons. The zero-order chi connectivity index (χ0) is 14.8. The van der Waals surface area contributed by atoms with Crippen LogP contribution in [0.2, 0.25) is 0 Å². The fourth-order valence-corrected chi connectivity index (χ4v) is 2.77. The van der Waals surface area contributed by atoms with Crippen molar-refractivity contribution in [3.05, 3.63) is 24.3 Å². The third-order valence-corrected chi connectivity index (χ3v) is 5.03. The standard InChI is InChI=1S/C13H19N3O3S/c1-9(10-7-15-8-10)13(17)16-11-4-3-5-12(6-11)20(18,19)14-2/h3-6,9-10,14-15H,7-8H2,1-2H3,(H,16,17). The second-order valence-electron chi connectivity index (χ2n) is 4.93. The summed E-state index contributed by atoms with van der Waals surface area (Å²) in [5, 5.41) is 5.90. The summed E-state index contributed by atoms with van der Waals surface area (Å²) in [6.07, 6.45) is 0. The number of hydrogen-bond acceptors (Lipinski definition) is 4. The van der Waals surface area contributed by atoms with E-state index in [0.717, 1.165) is 13.1 Å².